The number of anilines is 1. The van der Waals surface area contributed by atoms with Gasteiger partial charge in [0, 0.05) is 18.7 Å². The molecule has 8 heteroatoms. The average Bonchev–Trinajstić information content (AvgIpc) is 3.10. The van der Waals surface area contributed by atoms with Gasteiger partial charge in [-0.15, -0.1) is 0 Å². The zero-order valence-corrected chi connectivity index (χ0v) is 14.1. The number of imide groups is 1. The van der Waals surface area contributed by atoms with Crippen LogP contribution in [0.1, 0.15) is 16.8 Å². The van der Waals surface area contributed by atoms with Crippen LogP contribution in [-0.2, 0) is 6.42 Å². The van der Waals surface area contributed by atoms with Crippen LogP contribution < -0.4 is 4.90 Å². The zero-order chi connectivity index (χ0) is 19.4. The van der Waals surface area contributed by atoms with Crippen molar-refractivity contribution in [1.29, 1.82) is 0 Å². The number of hydrogen-bond donors (Lipinski definition) is 2. The van der Waals surface area contributed by atoms with Gasteiger partial charge in [0.1, 0.15) is 0 Å². The second-order valence-electron chi connectivity index (χ2n) is 5.58. The molecule has 0 aliphatic rings. The van der Waals surface area contributed by atoms with Crippen molar-refractivity contribution in [3.63, 3.8) is 0 Å². The summed E-state index contributed by atoms with van der Waals surface area (Å²) < 4.78 is 5.30. The molecule has 0 bridgehead atoms. The van der Waals surface area contributed by atoms with Gasteiger partial charge in [-0.05, 0) is 23.3 Å². The van der Waals surface area contributed by atoms with Crippen LogP contribution in [0.15, 0.2) is 59.8 Å². The summed E-state index contributed by atoms with van der Waals surface area (Å²) >= 11 is 0. The molecule has 2 aromatic heterocycles. The molecule has 0 saturated carbocycles. The van der Waals surface area contributed by atoms with Crippen molar-refractivity contribution in [2.45, 2.75) is 6.42 Å². The molecule has 136 valence electrons. The molecule has 8 nitrogen and oxygen atoms in total. The molecule has 3 rings (SSSR count). The van der Waals surface area contributed by atoms with Crippen molar-refractivity contribution in [2.75, 3.05) is 4.90 Å². The van der Waals surface area contributed by atoms with Crippen LogP contribution in [0.4, 0.5) is 15.4 Å². The Hall–Kier alpha value is -3.94. The second kappa shape index (κ2) is 7.52. The van der Waals surface area contributed by atoms with Gasteiger partial charge in [-0.25, -0.2) is 14.6 Å². The van der Waals surface area contributed by atoms with Crippen LogP contribution in [0.3, 0.4) is 0 Å². The van der Waals surface area contributed by atoms with Crippen molar-refractivity contribution < 1.29 is 24.3 Å². The molecule has 0 atom stereocenters. The van der Waals surface area contributed by atoms with Crippen molar-refractivity contribution in [1.82, 2.24) is 10.1 Å². The maximum absolute atomic E-state index is 11.3. The summed E-state index contributed by atoms with van der Waals surface area (Å²) in [6.45, 7) is 3.71. The van der Waals surface area contributed by atoms with Crippen molar-refractivity contribution in [3.8, 4) is 11.3 Å². The lowest BCUT2D eigenvalue weighted by Gasteiger charge is -2.14. The lowest BCUT2D eigenvalue weighted by atomic mass is 10.1. The minimum atomic E-state index is -1.66. The highest BCUT2D eigenvalue weighted by molar-refractivity contribution is 6.09. The molecule has 0 aliphatic carbocycles. The minimum Gasteiger partial charge on any atom is -0.464 e. The molecule has 0 unspecified atom stereocenters. The van der Waals surface area contributed by atoms with Crippen LogP contribution in [-0.4, -0.2) is 32.5 Å². The summed E-state index contributed by atoms with van der Waals surface area (Å²) in [5.74, 6) is -0.0427. The van der Waals surface area contributed by atoms with Crippen LogP contribution in [0.25, 0.3) is 17.4 Å². The standard InChI is InChI=1S/C19H15N3O5/c1-2-12-5-7-13(8-6-12)10-14-11-16(27-21-14)15-4-3-9-20-17(15)22(18(23)24)19(25)26/h2-9,11H,1,10H2,(H,23,24)(H,25,26). The van der Waals surface area contributed by atoms with E-state index in [2.05, 4.69) is 16.7 Å². The molecular formula is C19H15N3O5. The van der Waals surface area contributed by atoms with Crippen LogP contribution >= 0.6 is 0 Å². The summed E-state index contributed by atoms with van der Waals surface area (Å²) in [7, 11) is 0. The lowest BCUT2D eigenvalue weighted by molar-refractivity contribution is 0.184. The van der Waals surface area contributed by atoms with Gasteiger partial charge in [0.05, 0.1) is 11.3 Å². The highest BCUT2D eigenvalue weighted by atomic mass is 16.5. The smallest absolute Gasteiger partial charge is 0.422 e. The van der Waals surface area contributed by atoms with E-state index in [9.17, 15) is 9.59 Å². The van der Waals surface area contributed by atoms with Crippen LogP contribution in [0, 0.1) is 0 Å². The molecule has 0 saturated heterocycles. The minimum absolute atomic E-state index is 0.130. The van der Waals surface area contributed by atoms with Gasteiger partial charge in [-0.1, -0.05) is 42.1 Å². The Labute approximate surface area is 154 Å². The molecular weight excluding hydrogens is 350 g/mol. The number of aromatic nitrogens is 2. The largest absolute Gasteiger partial charge is 0.464 e. The molecule has 2 amide bonds. The topological polar surface area (TPSA) is 117 Å². The summed E-state index contributed by atoms with van der Waals surface area (Å²) in [4.78, 5) is 26.6. The van der Waals surface area contributed by atoms with E-state index in [1.54, 1.807) is 18.2 Å². The number of nitrogens with zero attached hydrogens (tertiary/aromatic N) is 3. The lowest BCUT2D eigenvalue weighted by Crippen LogP contribution is -2.35. The first-order chi connectivity index (χ1) is 13.0. The Bertz CT molecular complexity index is 981. The van der Waals surface area contributed by atoms with Crippen LogP contribution in [0.2, 0.25) is 0 Å². The van der Waals surface area contributed by atoms with E-state index in [1.807, 2.05) is 24.3 Å². The fourth-order valence-corrected chi connectivity index (χ4v) is 2.53. The molecule has 0 radical (unpaired) electrons. The Morgan fingerprint density at radius 1 is 1.15 bits per heavy atom. The van der Waals surface area contributed by atoms with Gasteiger partial charge in [-0.3, -0.25) is 0 Å². The third-order valence-electron chi connectivity index (χ3n) is 3.81. The Morgan fingerprint density at radius 3 is 2.48 bits per heavy atom. The third kappa shape index (κ3) is 3.84. The summed E-state index contributed by atoms with van der Waals surface area (Å²) in [6, 6.07) is 12.4. The number of hydrogen-bond acceptors (Lipinski definition) is 5. The van der Waals surface area contributed by atoms with Gasteiger partial charge in [0.15, 0.2) is 11.6 Å². The normalized spacial score (nSPS) is 10.4. The molecule has 27 heavy (non-hydrogen) atoms. The first-order valence-electron chi connectivity index (χ1n) is 7.88. The first kappa shape index (κ1) is 17.9. The van der Waals surface area contributed by atoms with Crippen molar-refractivity contribution in [2.24, 2.45) is 0 Å². The quantitative estimate of drug-likeness (QED) is 0.698. The summed E-state index contributed by atoms with van der Waals surface area (Å²) in [6.07, 6.45) is 0.223. The van der Waals surface area contributed by atoms with E-state index < -0.39 is 12.2 Å². The Balaban J connectivity index is 1.91. The Morgan fingerprint density at radius 2 is 1.85 bits per heavy atom. The molecule has 2 heterocycles. The molecule has 1 aromatic carbocycles. The van der Waals surface area contributed by atoms with Crippen LogP contribution in [0.5, 0.6) is 0 Å². The third-order valence-corrected chi connectivity index (χ3v) is 3.81. The maximum Gasteiger partial charge on any atom is 0.422 e. The van der Waals surface area contributed by atoms with Gasteiger partial charge in [0.2, 0.25) is 0 Å². The predicted molar refractivity (Wildman–Crippen MR) is 97.6 cm³/mol. The molecule has 2 N–H and O–H groups in total. The fourth-order valence-electron chi connectivity index (χ4n) is 2.53. The Kier molecular flexibility index (Phi) is 4.98. The number of benzene rings is 1. The molecule has 3 aromatic rings. The summed E-state index contributed by atoms with van der Waals surface area (Å²) in [5, 5.41) is 22.3. The number of carbonyl (C=O) groups is 2. The molecule has 0 fully saturated rings. The van der Waals surface area contributed by atoms with Crippen molar-refractivity contribution in [3.05, 3.63) is 72.1 Å². The number of pyridine rings is 1. The monoisotopic (exact) mass is 365 g/mol. The second-order valence-corrected chi connectivity index (χ2v) is 5.58. The van der Waals surface area contributed by atoms with E-state index in [4.69, 9.17) is 14.7 Å². The van der Waals surface area contributed by atoms with Gasteiger partial charge in [0.25, 0.3) is 0 Å². The zero-order valence-electron chi connectivity index (χ0n) is 14.1. The maximum atomic E-state index is 11.3. The molecule has 0 aliphatic heterocycles. The summed E-state index contributed by atoms with van der Waals surface area (Å²) in [5.41, 5.74) is 2.83. The van der Waals surface area contributed by atoms with E-state index in [0.717, 1.165) is 11.1 Å². The highest BCUT2D eigenvalue weighted by Gasteiger charge is 2.27. The first-order valence-corrected chi connectivity index (χ1v) is 7.88. The van der Waals surface area contributed by atoms with E-state index in [1.165, 1.54) is 12.3 Å². The van der Waals surface area contributed by atoms with E-state index in [-0.39, 0.29) is 22.0 Å². The number of rotatable bonds is 5. The number of amides is 2. The highest BCUT2D eigenvalue weighted by Crippen LogP contribution is 2.30. The average molecular weight is 365 g/mol. The molecule has 0 spiro atoms. The van der Waals surface area contributed by atoms with Gasteiger partial charge >= 0.3 is 12.2 Å². The fraction of sp³-hybridized carbons (Fsp3) is 0.0526. The van der Waals surface area contributed by atoms with E-state index in [0.29, 0.717) is 12.1 Å². The number of carboxylic acid groups (broad SMARTS) is 2. The van der Waals surface area contributed by atoms with E-state index >= 15 is 0 Å². The predicted octanol–water partition coefficient (Wildman–Crippen LogP) is 4.13. The van der Waals surface area contributed by atoms with Crippen molar-refractivity contribution >= 4 is 24.1 Å². The van der Waals surface area contributed by atoms with Gasteiger partial charge in [-0.2, -0.15) is 4.90 Å². The SMILES string of the molecule is C=Cc1ccc(Cc2cc(-c3cccnc3N(C(=O)O)C(=O)O)on2)cc1. The van der Waals surface area contributed by atoms with Gasteiger partial charge < -0.3 is 14.7 Å².